The van der Waals surface area contributed by atoms with E-state index < -0.39 is 0 Å². The molecule has 1 aliphatic rings. The second-order valence-electron chi connectivity index (χ2n) is 4.39. The van der Waals surface area contributed by atoms with Crippen molar-refractivity contribution in [3.63, 3.8) is 0 Å². The van der Waals surface area contributed by atoms with E-state index in [1.54, 1.807) is 6.33 Å². The van der Waals surface area contributed by atoms with E-state index in [0.29, 0.717) is 0 Å². The number of hydrogen-bond donors (Lipinski definition) is 3. The van der Waals surface area contributed by atoms with Crippen molar-refractivity contribution in [2.75, 3.05) is 36.8 Å². The third kappa shape index (κ3) is 3.85. The van der Waals surface area contributed by atoms with Crippen molar-refractivity contribution < 1.29 is 0 Å². The second kappa shape index (κ2) is 6.39. The van der Waals surface area contributed by atoms with Crippen LogP contribution in [0.1, 0.15) is 19.8 Å². The Morgan fingerprint density at radius 2 is 1.94 bits per heavy atom. The highest BCUT2D eigenvalue weighted by atomic mass is 15.1. The standard InChI is InChI=1S/C12H21N5/c1-2-14-11-7-12(17-9-16-11)15-8-10-3-5-13-6-4-10/h7,9-10,13H,2-6,8H2,1H3,(H2,14,15,16,17). The quantitative estimate of drug-likeness (QED) is 0.718. The highest BCUT2D eigenvalue weighted by molar-refractivity contribution is 5.46. The Bertz CT molecular complexity index is 335. The zero-order valence-electron chi connectivity index (χ0n) is 10.4. The van der Waals surface area contributed by atoms with E-state index in [4.69, 9.17) is 0 Å². The molecule has 2 rings (SSSR count). The molecule has 0 aliphatic carbocycles. The summed E-state index contributed by atoms with van der Waals surface area (Å²) in [5, 5.41) is 9.95. The minimum absolute atomic E-state index is 0.758. The lowest BCUT2D eigenvalue weighted by atomic mass is 9.98. The molecule has 0 spiro atoms. The number of piperidine rings is 1. The molecule has 1 aromatic heterocycles. The van der Waals surface area contributed by atoms with E-state index in [9.17, 15) is 0 Å². The lowest BCUT2D eigenvalue weighted by molar-refractivity contribution is 0.389. The van der Waals surface area contributed by atoms with E-state index in [1.165, 1.54) is 12.8 Å². The number of anilines is 2. The molecule has 94 valence electrons. The molecule has 0 bridgehead atoms. The van der Waals surface area contributed by atoms with Crippen LogP contribution in [0.2, 0.25) is 0 Å². The van der Waals surface area contributed by atoms with Gasteiger partial charge in [-0.25, -0.2) is 9.97 Å². The summed E-state index contributed by atoms with van der Waals surface area (Å²) in [5.41, 5.74) is 0. The van der Waals surface area contributed by atoms with Crippen LogP contribution >= 0.6 is 0 Å². The molecule has 3 N–H and O–H groups in total. The van der Waals surface area contributed by atoms with Crippen LogP contribution in [-0.2, 0) is 0 Å². The monoisotopic (exact) mass is 235 g/mol. The van der Waals surface area contributed by atoms with E-state index >= 15 is 0 Å². The summed E-state index contributed by atoms with van der Waals surface area (Å²) in [6.45, 7) is 6.22. The number of nitrogens with zero attached hydrogens (tertiary/aromatic N) is 2. The van der Waals surface area contributed by atoms with Gasteiger partial charge in [-0.2, -0.15) is 0 Å². The summed E-state index contributed by atoms with van der Waals surface area (Å²) in [7, 11) is 0. The second-order valence-corrected chi connectivity index (χ2v) is 4.39. The summed E-state index contributed by atoms with van der Waals surface area (Å²) < 4.78 is 0. The Hall–Kier alpha value is -1.36. The predicted molar refractivity (Wildman–Crippen MR) is 70.3 cm³/mol. The molecular formula is C12H21N5. The summed E-state index contributed by atoms with van der Waals surface area (Å²) in [6, 6.07) is 1.96. The molecule has 0 saturated carbocycles. The summed E-state index contributed by atoms with van der Waals surface area (Å²) >= 11 is 0. The number of hydrogen-bond acceptors (Lipinski definition) is 5. The van der Waals surface area contributed by atoms with Gasteiger partial charge in [0.2, 0.25) is 0 Å². The topological polar surface area (TPSA) is 61.9 Å². The van der Waals surface area contributed by atoms with Crippen LogP contribution in [0.4, 0.5) is 11.6 Å². The maximum absolute atomic E-state index is 4.23. The van der Waals surface area contributed by atoms with Crippen LogP contribution in [0, 0.1) is 5.92 Å². The van der Waals surface area contributed by atoms with Gasteiger partial charge in [0, 0.05) is 19.2 Å². The maximum Gasteiger partial charge on any atom is 0.131 e. The van der Waals surface area contributed by atoms with Gasteiger partial charge in [-0.1, -0.05) is 0 Å². The minimum Gasteiger partial charge on any atom is -0.370 e. The molecule has 0 aromatic carbocycles. The third-order valence-electron chi connectivity index (χ3n) is 3.06. The van der Waals surface area contributed by atoms with Crippen LogP contribution in [-0.4, -0.2) is 36.1 Å². The van der Waals surface area contributed by atoms with Crippen molar-refractivity contribution in [2.24, 2.45) is 5.92 Å². The van der Waals surface area contributed by atoms with Gasteiger partial charge in [-0.05, 0) is 38.8 Å². The van der Waals surface area contributed by atoms with Crippen molar-refractivity contribution in [2.45, 2.75) is 19.8 Å². The normalized spacial score (nSPS) is 16.8. The minimum atomic E-state index is 0.758. The average Bonchev–Trinajstić information content (AvgIpc) is 2.39. The summed E-state index contributed by atoms with van der Waals surface area (Å²) in [6.07, 6.45) is 4.10. The Kier molecular flexibility index (Phi) is 4.55. The van der Waals surface area contributed by atoms with Gasteiger partial charge in [0.1, 0.15) is 18.0 Å². The van der Waals surface area contributed by atoms with Crippen molar-refractivity contribution in [3.05, 3.63) is 12.4 Å². The highest BCUT2D eigenvalue weighted by Crippen LogP contribution is 2.14. The molecule has 1 fully saturated rings. The average molecular weight is 235 g/mol. The zero-order valence-corrected chi connectivity index (χ0v) is 10.4. The first-order chi connectivity index (χ1) is 8.38. The summed E-state index contributed by atoms with van der Waals surface area (Å²) in [4.78, 5) is 8.38. The lowest BCUT2D eigenvalue weighted by Crippen LogP contribution is -2.31. The molecule has 5 nitrogen and oxygen atoms in total. The van der Waals surface area contributed by atoms with E-state index in [-0.39, 0.29) is 0 Å². The molecule has 2 heterocycles. The molecule has 1 saturated heterocycles. The fraction of sp³-hybridized carbons (Fsp3) is 0.667. The molecule has 1 aliphatic heterocycles. The Labute approximate surface area is 102 Å². The first-order valence-electron chi connectivity index (χ1n) is 6.39. The van der Waals surface area contributed by atoms with Gasteiger partial charge in [0.25, 0.3) is 0 Å². The van der Waals surface area contributed by atoms with Gasteiger partial charge in [-0.3, -0.25) is 0 Å². The van der Waals surface area contributed by atoms with Crippen molar-refractivity contribution in [1.29, 1.82) is 0 Å². The van der Waals surface area contributed by atoms with Crippen LogP contribution in [0.3, 0.4) is 0 Å². The van der Waals surface area contributed by atoms with Crippen molar-refractivity contribution >= 4 is 11.6 Å². The molecule has 0 atom stereocenters. The first kappa shape index (κ1) is 12.1. The van der Waals surface area contributed by atoms with E-state index in [0.717, 1.165) is 43.7 Å². The van der Waals surface area contributed by atoms with Gasteiger partial charge >= 0.3 is 0 Å². The van der Waals surface area contributed by atoms with Crippen molar-refractivity contribution in [1.82, 2.24) is 15.3 Å². The number of nitrogens with one attached hydrogen (secondary N) is 3. The first-order valence-corrected chi connectivity index (χ1v) is 6.39. The maximum atomic E-state index is 4.23. The summed E-state index contributed by atoms with van der Waals surface area (Å²) in [5.74, 6) is 2.55. The molecule has 1 aromatic rings. The molecule has 0 amide bonds. The van der Waals surface area contributed by atoms with Gasteiger partial charge in [0.15, 0.2) is 0 Å². The van der Waals surface area contributed by atoms with Gasteiger partial charge in [0.05, 0.1) is 0 Å². The van der Waals surface area contributed by atoms with Gasteiger partial charge in [-0.15, -0.1) is 0 Å². The van der Waals surface area contributed by atoms with Crippen LogP contribution < -0.4 is 16.0 Å². The molecular weight excluding hydrogens is 214 g/mol. The Balaban J connectivity index is 1.83. The SMILES string of the molecule is CCNc1cc(NCC2CCNCC2)ncn1. The predicted octanol–water partition coefficient (Wildman–Crippen LogP) is 1.32. The van der Waals surface area contributed by atoms with E-state index in [2.05, 4.69) is 32.8 Å². The molecule has 5 heteroatoms. The Morgan fingerprint density at radius 1 is 1.24 bits per heavy atom. The molecule has 17 heavy (non-hydrogen) atoms. The number of aromatic nitrogens is 2. The van der Waals surface area contributed by atoms with Crippen LogP contribution in [0.15, 0.2) is 12.4 Å². The fourth-order valence-electron chi connectivity index (χ4n) is 2.07. The number of rotatable bonds is 5. The fourth-order valence-corrected chi connectivity index (χ4v) is 2.07. The lowest BCUT2D eigenvalue weighted by Gasteiger charge is -2.22. The Morgan fingerprint density at radius 3 is 2.65 bits per heavy atom. The molecule has 0 radical (unpaired) electrons. The largest absolute Gasteiger partial charge is 0.370 e. The van der Waals surface area contributed by atoms with Gasteiger partial charge < -0.3 is 16.0 Å². The van der Waals surface area contributed by atoms with Crippen molar-refractivity contribution in [3.8, 4) is 0 Å². The smallest absolute Gasteiger partial charge is 0.131 e. The third-order valence-corrected chi connectivity index (χ3v) is 3.06. The van der Waals surface area contributed by atoms with Crippen LogP contribution in [0.25, 0.3) is 0 Å². The molecule has 0 unspecified atom stereocenters. The van der Waals surface area contributed by atoms with Crippen LogP contribution in [0.5, 0.6) is 0 Å². The highest BCUT2D eigenvalue weighted by Gasteiger charge is 2.12. The van der Waals surface area contributed by atoms with E-state index in [1.807, 2.05) is 6.07 Å². The zero-order chi connectivity index (χ0) is 11.9.